The zero-order chi connectivity index (χ0) is 43.5. The lowest BCUT2D eigenvalue weighted by Crippen LogP contribution is -2.41. The molecule has 61 heavy (non-hydrogen) atoms. The Bertz CT molecular complexity index is 2080. The molecule has 4 aliphatic rings. The van der Waals surface area contributed by atoms with E-state index in [0.717, 1.165) is 16.7 Å². The second-order valence-corrected chi connectivity index (χ2v) is 15.7. The summed E-state index contributed by atoms with van der Waals surface area (Å²) in [4.78, 5) is 56.6. The van der Waals surface area contributed by atoms with Crippen LogP contribution in [0.5, 0.6) is 0 Å². The van der Waals surface area contributed by atoms with Gasteiger partial charge in [-0.2, -0.15) is 0 Å². The molecule has 0 saturated carbocycles. The number of allylic oxidation sites excluding steroid dienone is 3. The van der Waals surface area contributed by atoms with Gasteiger partial charge in [0, 0.05) is 38.8 Å². The van der Waals surface area contributed by atoms with Crippen molar-refractivity contribution in [1.82, 2.24) is 9.80 Å². The Kier molecular flexibility index (Phi) is 16.3. The Morgan fingerprint density at radius 2 is 1.15 bits per heavy atom. The first-order valence-corrected chi connectivity index (χ1v) is 21.1. The third kappa shape index (κ3) is 11.3. The predicted octanol–water partition coefficient (Wildman–Crippen LogP) is 7.26. The van der Waals surface area contributed by atoms with Gasteiger partial charge in [-0.25, -0.2) is 0 Å². The van der Waals surface area contributed by atoms with Crippen molar-refractivity contribution in [3.05, 3.63) is 128 Å². The van der Waals surface area contributed by atoms with Crippen LogP contribution >= 0.6 is 23.2 Å². The quantitative estimate of drug-likeness (QED) is 0.0982. The summed E-state index contributed by atoms with van der Waals surface area (Å²) >= 11 is 12.1. The number of benzene rings is 2. The lowest BCUT2D eigenvalue weighted by atomic mass is 9.87. The van der Waals surface area contributed by atoms with Crippen molar-refractivity contribution in [1.29, 1.82) is 0 Å². The molecule has 6 rings (SSSR count). The maximum atomic E-state index is 13.6. The van der Waals surface area contributed by atoms with Crippen molar-refractivity contribution in [3.8, 4) is 0 Å². The third-order valence-corrected chi connectivity index (χ3v) is 11.7. The van der Waals surface area contributed by atoms with Crippen LogP contribution in [0.25, 0.3) is 0 Å². The minimum absolute atomic E-state index is 0.00348. The van der Waals surface area contributed by atoms with Crippen LogP contribution in [0.1, 0.15) is 60.2 Å². The molecule has 1 saturated heterocycles. The molecule has 0 bridgehead atoms. The monoisotopic (exact) mass is 878 g/mol. The largest absolute Gasteiger partial charge is 0.497 e. The number of esters is 2. The van der Waals surface area contributed by atoms with Crippen LogP contribution in [-0.2, 0) is 42.7 Å². The number of likely N-dealkylation sites (tertiary alicyclic amines) is 1. The molecule has 13 nitrogen and oxygen atoms in total. The molecular weight excluding hydrogens is 827 g/mol. The molecule has 2 amide bonds. The van der Waals surface area contributed by atoms with Gasteiger partial charge < -0.3 is 43.0 Å². The Morgan fingerprint density at radius 1 is 0.656 bits per heavy atom. The summed E-state index contributed by atoms with van der Waals surface area (Å²) in [7, 11) is 3.19. The summed E-state index contributed by atoms with van der Waals surface area (Å²) in [6.07, 6.45) is 8.95. The average Bonchev–Trinajstić information content (AvgIpc) is 3.69. The van der Waals surface area contributed by atoms with Crippen molar-refractivity contribution < 1.29 is 52.3 Å². The van der Waals surface area contributed by atoms with Crippen LogP contribution in [0.3, 0.4) is 0 Å². The molecule has 2 aromatic rings. The van der Waals surface area contributed by atoms with E-state index in [1.165, 1.54) is 0 Å². The molecule has 0 spiro atoms. The highest BCUT2D eigenvalue weighted by Crippen LogP contribution is 2.43. The molecule has 326 valence electrons. The predicted molar refractivity (Wildman–Crippen MR) is 228 cm³/mol. The topological polar surface area (TPSA) is 139 Å². The number of fused-ring (bicyclic) bond motifs is 2. The van der Waals surface area contributed by atoms with Gasteiger partial charge in [0.15, 0.2) is 0 Å². The first-order chi connectivity index (χ1) is 29.5. The van der Waals surface area contributed by atoms with Crippen molar-refractivity contribution >= 4 is 47.0 Å². The number of carbonyl (C=O) groups excluding carboxylic acids is 4. The SMILES string of the molecule is COC1=CCC2C(=C1)C(CC(=O)OCCOCCOCCOCCOC(=O)CC1C3=CC(OC)=CCC3N(C(=O)c3ccc(Cl)cc3)C1C)=C(C)N2C(=O)c1ccc(Cl)cc1. The van der Waals surface area contributed by atoms with Crippen LogP contribution in [0.15, 0.2) is 107 Å². The maximum absolute atomic E-state index is 13.6. The second-order valence-electron chi connectivity index (χ2n) is 14.8. The van der Waals surface area contributed by atoms with E-state index in [0.29, 0.717) is 77.7 Å². The van der Waals surface area contributed by atoms with Crippen molar-refractivity contribution in [2.75, 3.05) is 67.1 Å². The fraction of sp³-hybridized carbons (Fsp3) is 0.435. The van der Waals surface area contributed by atoms with Gasteiger partial charge in [0.25, 0.3) is 11.8 Å². The number of ether oxygens (including phenoxy) is 7. The number of halogens is 2. The highest BCUT2D eigenvalue weighted by Gasteiger charge is 2.47. The summed E-state index contributed by atoms with van der Waals surface area (Å²) in [5, 5.41) is 1.09. The minimum atomic E-state index is -0.430. The van der Waals surface area contributed by atoms with Gasteiger partial charge in [-0.1, -0.05) is 23.2 Å². The molecule has 0 N–H and O–H groups in total. The van der Waals surface area contributed by atoms with Gasteiger partial charge in [0.05, 0.1) is 78.8 Å². The molecule has 15 heteroatoms. The van der Waals surface area contributed by atoms with Crippen molar-refractivity contribution in [3.63, 3.8) is 0 Å². The minimum Gasteiger partial charge on any atom is -0.497 e. The van der Waals surface area contributed by atoms with E-state index in [9.17, 15) is 19.2 Å². The van der Waals surface area contributed by atoms with E-state index < -0.39 is 5.97 Å². The first-order valence-electron chi connectivity index (χ1n) is 20.3. The summed E-state index contributed by atoms with van der Waals surface area (Å²) in [5.41, 5.74) is 4.30. The van der Waals surface area contributed by atoms with Crippen LogP contribution in [0.4, 0.5) is 0 Å². The number of hydrogen-bond donors (Lipinski definition) is 0. The molecule has 2 aliphatic heterocycles. The van der Waals surface area contributed by atoms with E-state index in [4.69, 9.17) is 56.4 Å². The standard InChI is InChI=1S/C46H52Cl2N2O11/c1-29-37(39-25-35(55-3)13-15-41(39)49(29)45(53)31-5-9-33(47)10-6-31)27-43(51)60-23-21-58-19-17-57-18-20-59-22-24-61-44(52)28-38-30(2)50(42-16-14-36(56-4)26-40(38)42)46(54)32-7-11-34(48)12-8-32/h5-14,25-26,29,37,41-42H,15-24,27-28H2,1-4H3. The molecular formula is C46H52Cl2N2O11. The number of nitrogens with zero attached hydrogens (tertiary/aromatic N) is 2. The molecule has 1 fully saturated rings. The fourth-order valence-electron chi connectivity index (χ4n) is 8.15. The Balaban J connectivity index is 0.841. The number of methoxy groups -OCH3 is 2. The maximum Gasteiger partial charge on any atom is 0.310 e. The molecule has 2 aliphatic carbocycles. The Hall–Kier alpha value is -4.92. The smallest absolute Gasteiger partial charge is 0.310 e. The Labute approximate surface area is 366 Å². The normalized spacial score (nSPS) is 20.6. The first kappa shape index (κ1) is 45.6. The van der Waals surface area contributed by atoms with E-state index in [-0.39, 0.29) is 81.1 Å². The zero-order valence-corrected chi connectivity index (χ0v) is 36.4. The molecule has 2 aromatic carbocycles. The van der Waals surface area contributed by atoms with E-state index in [2.05, 4.69) is 0 Å². The average molecular weight is 880 g/mol. The molecule has 4 unspecified atom stereocenters. The molecule has 4 atom stereocenters. The molecule has 0 aromatic heterocycles. The van der Waals surface area contributed by atoms with Crippen LogP contribution in [0, 0.1) is 5.92 Å². The molecule has 0 radical (unpaired) electrons. The highest BCUT2D eigenvalue weighted by atomic mass is 35.5. The lowest BCUT2D eigenvalue weighted by molar-refractivity contribution is -0.146. The highest BCUT2D eigenvalue weighted by molar-refractivity contribution is 6.31. The van der Waals surface area contributed by atoms with Crippen LogP contribution in [0.2, 0.25) is 10.0 Å². The number of hydrogen-bond acceptors (Lipinski definition) is 11. The lowest BCUT2D eigenvalue weighted by Gasteiger charge is -2.29. The summed E-state index contributed by atoms with van der Waals surface area (Å²) in [5.74, 6) is 0.0564. The van der Waals surface area contributed by atoms with Gasteiger partial charge in [-0.3, -0.25) is 19.2 Å². The van der Waals surface area contributed by atoms with E-state index >= 15 is 0 Å². The van der Waals surface area contributed by atoms with Gasteiger partial charge in [-0.15, -0.1) is 0 Å². The number of rotatable bonds is 20. The van der Waals surface area contributed by atoms with Crippen molar-refractivity contribution in [2.24, 2.45) is 5.92 Å². The fourth-order valence-corrected chi connectivity index (χ4v) is 8.40. The number of carbonyl (C=O) groups is 4. The van der Waals surface area contributed by atoms with E-state index in [1.54, 1.807) is 67.7 Å². The summed E-state index contributed by atoms with van der Waals surface area (Å²) in [6.45, 7) is 5.57. The van der Waals surface area contributed by atoms with Gasteiger partial charge in [0.2, 0.25) is 0 Å². The Morgan fingerprint density at radius 3 is 1.70 bits per heavy atom. The third-order valence-electron chi connectivity index (χ3n) is 11.2. The van der Waals surface area contributed by atoms with Gasteiger partial charge >= 0.3 is 11.9 Å². The summed E-state index contributed by atoms with van der Waals surface area (Å²) < 4.78 is 38.6. The van der Waals surface area contributed by atoms with Crippen LogP contribution < -0.4 is 0 Å². The molecule has 2 heterocycles. The van der Waals surface area contributed by atoms with Gasteiger partial charge in [-0.05, 0) is 116 Å². The van der Waals surface area contributed by atoms with Crippen molar-refractivity contribution in [2.45, 2.75) is 57.7 Å². The van der Waals surface area contributed by atoms with Crippen LogP contribution in [-0.4, -0.2) is 119 Å². The van der Waals surface area contributed by atoms with E-state index in [1.807, 2.05) is 43.1 Å². The summed E-state index contributed by atoms with van der Waals surface area (Å²) in [6, 6.07) is 12.9. The van der Waals surface area contributed by atoms with Gasteiger partial charge in [0.1, 0.15) is 24.7 Å². The zero-order valence-electron chi connectivity index (χ0n) is 34.9. The second kappa shape index (κ2) is 21.7. The number of amides is 2.